The Bertz CT molecular complexity index is 1010. The lowest BCUT2D eigenvalue weighted by Crippen LogP contribution is -2.11. The van der Waals surface area contributed by atoms with Crippen LogP contribution in [0.2, 0.25) is 0 Å². The third-order valence-electron chi connectivity index (χ3n) is 3.62. The Balaban J connectivity index is 1.72. The first-order valence-electron chi connectivity index (χ1n) is 7.51. The van der Waals surface area contributed by atoms with E-state index in [1.165, 1.54) is 12.1 Å². The Morgan fingerprint density at radius 3 is 2.44 bits per heavy atom. The number of anilines is 1. The highest BCUT2D eigenvalue weighted by Gasteiger charge is 2.09. The fourth-order valence-corrected chi connectivity index (χ4v) is 2.77. The van der Waals surface area contributed by atoms with Gasteiger partial charge in [0.2, 0.25) is 10.0 Å². The summed E-state index contributed by atoms with van der Waals surface area (Å²) in [4.78, 5) is 0.0621. The molecule has 0 aliphatic carbocycles. The van der Waals surface area contributed by atoms with E-state index in [-0.39, 0.29) is 4.90 Å². The summed E-state index contributed by atoms with van der Waals surface area (Å²) < 4.78 is 28.2. The van der Waals surface area contributed by atoms with Crippen molar-refractivity contribution in [2.24, 2.45) is 10.2 Å². The first kappa shape index (κ1) is 16.9. The van der Waals surface area contributed by atoms with Crippen LogP contribution in [0.15, 0.2) is 75.1 Å². The normalized spacial score (nSPS) is 11.8. The second kappa shape index (κ2) is 6.92. The Hall–Kier alpha value is -2.90. The van der Waals surface area contributed by atoms with E-state index in [4.69, 9.17) is 9.56 Å². The van der Waals surface area contributed by atoms with Gasteiger partial charge < -0.3 is 4.42 Å². The molecule has 1 heterocycles. The maximum Gasteiger partial charge on any atom is 0.238 e. The Kier molecular flexibility index (Phi) is 4.69. The van der Waals surface area contributed by atoms with Crippen molar-refractivity contribution in [3.63, 3.8) is 0 Å². The molecule has 0 amide bonds. The molecule has 3 rings (SSSR count). The zero-order chi connectivity index (χ0) is 17.9. The van der Waals surface area contributed by atoms with Crippen LogP contribution in [0.1, 0.15) is 11.3 Å². The largest absolute Gasteiger partial charge is 0.455 e. The molecule has 128 valence electrons. The molecule has 0 spiro atoms. The molecule has 0 radical (unpaired) electrons. The van der Waals surface area contributed by atoms with E-state index in [1.54, 1.807) is 30.5 Å². The van der Waals surface area contributed by atoms with Crippen molar-refractivity contribution >= 4 is 21.9 Å². The van der Waals surface area contributed by atoms with Gasteiger partial charge in [0.1, 0.15) is 11.5 Å². The Labute approximate surface area is 146 Å². The first-order chi connectivity index (χ1) is 11.9. The standard InChI is InChI=1S/C18H17N3O3S/c1-13-4-2-3-5-17(13)21-20-12-15-8-11-18(24-15)14-6-9-16(10-7-14)25(19,22)23/h2-12,21H,1H3,(H2,19,22,23)/b20-12-. The molecule has 1 aromatic heterocycles. The van der Waals surface area contributed by atoms with Gasteiger partial charge in [0.05, 0.1) is 16.8 Å². The number of nitrogens with one attached hydrogen (secondary N) is 1. The predicted molar refractivity (Wildman–Crippen MR) is 97.9 cm³/mol. The average Bonchev–Trinajstić information content (AvgIpc) is 3.05. The summed E-state index contributed by atoms with van der Waals surface area (Å²) in [6.45, 7) is 1.99. The number of nitrogens with two attached hydrogens (primary N) is 1. The molecular weight excluding hydrogens is 338 g/mol. The SMILES string of the molecule is Cc1ccccc1N/N=C\c1ccc(-c2ccc(S(N)(=O)=O)cc2)o1. The molecule has 0 saturated carbocycles. The molecule has 2 aromatic carbocycles. The maximum absolute atomic E-state index is 11.3. The van der Waals surface area contributed by atoms with E-state index in [9.17, 15) is 8.42 Å². The Morgan fingerprint density at radius 2 is 1.76 bits per heavy atom. The van der Waals surface area contributed by atoms with Gasteiger partial charge in [0, 0.05) is 5.56 Å². The maximum atomic E-state index is 11.3. The monoisotopic (exact) mass is 355 g/mol. The molecule has 0 fully saturated rings. The summed E-state index contributed by atoms with van der Waals surface area (Å²) in [6.07, 6.45) is 1.58. The molecule has 0 bridgehead atoms. The molecule has 0 atom stereocenters. The van der Waals surface area contributed by atoms with Crippen molar-refractivity contribution < 1.29 is 12.8 Å². The molecule has 0 aliphatic rings. The molecule has 3 N–H and O–H groups in total. The molecule has 25 heavy (non-hydrogen) atoms. The molecule has 0 saturated heterocycles. The zero-order valence-corrected chi connectivity index (χ0v) is 14.3. The number of furan rings is 1. The Morgan fingerprint density at radius 1 is 1.04 bits per heavy atom. The quantitative estimate of drug-likeness (QED) is 0.542. The zero-order valence-electron chi connectivity index (χ0n) is 13.5. The molecule has 3 aromatic rings. The van der Waals surface area contributed by atoms with Gasteiger partial charge in [0.15, 0.2) is 0 Å². The molecule has 6 nitrogen and oxygen atoms in total. The van der Waals surface area contributed by atoms with Crippen molar-refractivity contribution in [3.8, 4) is 11.3 Å². The van der Waals surface area contributed by atoms with Crippen LogP contribution in [-0.4, -0.2) is 14.6 Å². The highest BCUT2D eigenvalue weighted by Crippen LogP contribution is 2.23. The number of rotatable bonds is 5. The third-order valence-corrected chi connectivity index (χ3v) is 4.55. The van der Waals surface area contributed by atoms with Crippen LogP contribution < -0.4 is 10.6 Å². The van der Waals surface area contributed by atoms with Crippen molar-refractivity contribution in [1.29, 1.82) is 0 Å². The lowest BCUT2D eigenvalue weighted by molar-refractivity contribution is 0.575. The summed E-state index contributed by atoms with van der Waals surface area (Å²) in [5, 5.41) is 9.25. The summed E-state index contributed by atoms with van der Waals surface area (Å²) in [5.74, 6) is 1.19. The summed E-state index contributed by atoms with van der Waals surface area (Å²) in [5.41, 5.74) is 5.73. The summed E-state index contributed by atoms with van der Waals surface area (Å²) in [6, 6.07) is 17.6. The second-order valence-electron chi connectivity index (χ2n) is 5.46. The van der Waals surface area contributed by atoms with Crippen LogP contribution >= 0.6 is 0 Å². The number of hydrazone groups is 1. The highest BCUT2D eigenvalue weighted by molar-refractivity contribution is 7.89. The molecular formula is C18H17N3O3S. The minimum atomic E-state index is -3.70. The second-order valence-corrected chi connectivity index (χ2v) is 7.02. The van der Waals surface area contributed by atoms with Gasteiger partial charge in [-0.05, 0) is 55.0 Å². The van der Waals surface area contributed by atoms with Crippen LogP contribution in [0.3, 0.4) is 0 Å². The number of nitrogens with zero attached hydrogens (tertiary/aromatic N) is 1. The van der Waals surface area contributed by atoms with E-state index in [2.05, 4.69) is 10.5 Å². The van der Waals surface area contributed by atoms with Gasteiger partial charge in [-0.1, -0.05) is 18.2 Å². The van der Waals surface area contributed by atoms with E-state index in [1.807, 2.05) is 31.2 Å². The van der Waals surface area contributed by atoms with Crippen LogP contribution in [0.5, 0.6) is 0 Å². The van der Waals surface area contributed by atoms with Crippen LogP contribution in [0.4, 0.5) is 5.69 Å². The van der Waals surface area contributed by atoms with Crippen LogP contribution in [0, 0.1) is 6.92 Å². The van der Waals surface area contributed by atoms with E-state index in [0.717, 1.165) is 16.8 Å². The first-order valence-corrected chi connectivity index (χ1v) is 9.06. The van der Waals surface area contributed by atoms with Gasteiger partial charge in [0.25, 0.3) is 0 Å². The van der Waals surface area contributed by atoms with Crippen molar-refractivity contribution in [1.82, 2.24) is 0 Å². The number of para-hydroxylation sites is 1. The minimum Gasteiger partial charge on any atom is -0.455 e. The lowest BCUT2D eigenvalue weighted by atomic mass is 10.2. The number of primary sulfonamides is 1. The van der Waals surface area contributed by atoms with Gasteiger partial charge in [-0.25, -0.2) is 13.6 Å². The lowest BCUT2D eigenvalue weighted by Gasteiger charge is -2.02. The van der Waals surface area contributed by atoms with Crippen LogP contribution in [-0.2, 0) is 10.0 Å². The number of sulfonamides is 1. The van der Waals surface area contributed by atoms with Crippen molar-refractivity contribution in [2.45, 2.75) is 11.8 Å². The minimum absolute atomic E-state index is 0.0621. The van der Waals surface area contributed by atoms with E-state index in [0.29, 0.717) is 11.5 Å². The van der Waals surface area contributed by atoms with Crippen molar-refractivity contribution in [2.75, 3.05) is 5.43 Å². The van der Waals surface area contributed by atoms with E-state index >= 15 is 0 Å². The van der Waals surface area contributed by atoms with Gasteiger partial charge in [-0.2, -0.15) is 5.10 Å². The molecule has 0 unspecified atom stereocenters. The number of hydrogen-bond acceptors (Lipinski definition) is 5. The topological polar surface area (TPSA) is 97.7 Å². The number of aryl methyl sites for hydroxylation is 1. The fraction of sp³-hybridized carbons (Fsp3) is 0.0556. The molecule has 7 heteroatoms. The smallest absolute Gasteiger partial charge is 0.238 e. The van der Waals surface area contributed by atoms with Gasteiger partial charge in [-0.15, -0.1) is 0 Å². The fourth-order valence-electron chi connectivity index (χ4n) is 2.25. The third kappa shape index (κ3) is 4.14. The number of benzene rings is 2. The average molecular weight is 355 g/mol. The highest BCUT2D eigenvalue weighted by atomic mass is 32.2. The van der Waals surface area contributed by atoms with Crippen LogP contribution in [0.25, 0.3) is 11.3 Å². The molecule has 0 aliphatic heterocycles. The van der Waals surface area contributed by atoms with Gasteiger partial charge >= 0.3 is 0 Å². The summed E-state index contributed by atoms with van der Waals surface area (Å²) >= 11 is 0. The van der Waals surface area contributed by atoms with E-state index < -0.39 is 10.0 Å². The van der Waals surface area contributed by atoms with Gasteiger partial charge in [-0.3, -0.25) is 5.43 Å². The predicted octanol–water partition coefficient (Wildman–Crippen LogP) is 3.35. The number of hydrogen-bond donors (Lipinski definition) is 2. The van der Waals surface area contributed by atoms with Crippen molar-refractivity contribution in [3.05, 3.63) is 72.0 Å². The summed E-state index contributed by atoms with van der Waals surface area (Å²) in [7, 11) is -3.70.